The number of aliphatic hydroxyl groups is 1. The first-order valence-electron chi connectivity index (χ1n) is 5.37. The third kappa shape index (κ3) is 3.43. The molecule has 0 aliphatic rings. The van der Waals surface area contributed by atoms with Gasteiger partial charge in [0.1, 0.15) is 0 Å². The first-order chi connectivity index (χ1) is 8.15. The first-order valence-corrected chi connectivity index (χ1v) is 6.56. The molecule has 3 heteroatoms. The average molecular weight is 265 g/mol. The van der Waals surface area contributed by atoms with Crippen LogP contribution in [0.25, 0.3) is 16.5 Å². The molecule has 0 fully saturated rings. The maximum Gasteiger partial charge on any atom is 0.0696 e. The molecule has 0 saturated heterocycles. The summed E-state index contributed by atoms with van der Waals surface area (Å²) in [6.45, 7) is 1.74. The molecule has 1 heterocycles. The molecule has 0 spiro atoms. The zero-order valence-corrected chi connectivity index (χ0v) is 11.0. The van der Waals surface area contributed by atoms with Crippen molar-refractivity contribution in [2.45, 2.75) is 13.0 Å². The quantitative estimate of drug-likeness (QED) is 0.868. The fourth-order valence-electron chi connectivity index (χ4n) is 1.45. The summed E-state index contributed by atoms with van der Waals surface area (Å²) >= 11 is 7.55. The summed E-state index contributed by atoms with van der Waals surface area (Å²) in [5, 5.41) is 9.92. The van der Waals surface area contributed by atoms with Crippen molar-refractivity contribution in [3.8, 4) is 10.4 Å². The highest BCUT2D eigenvalue weighted by molar-refractivity contribution is 7.16. The maximum atomic E-state index is 9.17. The maximum absolute atomic E-state index is 9.17. The van der Waals surface area contributed by atoms with Gasteiger partial charge in [-0.05, 0) is 42.8 Å². The molecule has 0 bridgehead atoms. The monoisotopic (exact) mass is 264 g/mol. The summed E-state index contributed by atoms with van der Waals surface area (Å²) in [5.74, 6) is 0. The smallest absolute Gasteiger partial charge is 0.0696 e. The molecule has 0 aliphatic carbocycles. The standard InChI is InChI=1S/C14H13ClOS/c1-10(16)2-7-13-8-9-14(17-13)11-3-5-12(15)6-4-11/h2-10,16H,1H3/b7-2+. The number of thiophene rings is 1. The summed E-state index contributed by atoms with van der Waals surface area (Å²) in [7, 11) is 0. The van der Waals surface area contributed by atoms with Gasteiger partial charge in [0.05, 0.1) is 6.10 Å². The predicted octanol–water partition coefficient (Wildman–Crippen LogP) is 4.46. The van der Waals surface area contributed by atoms with Crippen LogP contribution in [0.15, 0.2) is 42.5 Å². The van der Waals surface area contributed by atoms with Gasteiger partial charge in [-0.1, -0.05) is 29.8 Å². The number of rotatable bonds is 3. The van der Waals surface area contributed by atoms with E-state index in [1.54, 1.807) is 24.3 Å². The predicted molar refractivity (Wildman–Crippen MR) is 75.5 cm³/mol. The Hall–Kier alpha value is -1.09. The van der Waals surface area contributed by atoms with Gasteiger partial charge in [0.2, 0.25) is 0 Å². The number of hydrogen-bond donors (Lipinski definition) is 1. The van der Waals surface area contributed by atoms with Crippen molar-refractivity contribution in [2.24, 2.45) is 0 Å². The summed E-state index contributed by atoms with van der Waals surface area (Å²) in [6.07, 6.45) is 3.31. The van der Waals surface area contributed by atoms with Crippen LogP contribution in [0.1, 0.15) is 11.8 Å². The SMILES string of the molecule is CC(O)/C=C/c1ccc(-c2ccc(Cl)cc2)s1. The molecule has 1 atom stereocenters. The topological polar surface area (TPSA) is 20.2 Å². The van der Waals surface area contributed by atoms with Gasteiger partial charge in [-0.3, -0.25) is 0 Å². The highest BCUT2D eigenvalue weighted by Gasteiger charge is 2.01. The lowest BCUT2D eigenvalue weighted by atomic mass is 10.2. The molecule has 88 valence electrons. The molecule has 0 amide bonds. The fraction of sp³-hybridized carbons (Fsp3) is 0.143. The van der Waals surface area contributed by atoms with Crippen molar-refractivity contribution in [1.82, 2.24) is 0 Å². The highest BCUT2D eigenvalue weighted by Crippen LogP contribution is 2.29. The van der Waals surface area contributed by atoms with E-state index in [2.05, 4.69) is 6.07 Å². The molecular weight excluding hydrogens is 252 g/mol. The minimum Gasteiger partial charge on any atom is -0.389 e. The van der Waals surface area contributed by atoms with Gasteiger partial charge in [0, 0.05) is 14.8 Å². The number of aliphatic hydroxyl groups excluding tert-OH is 1. The van der Waals surface area contributed by atoms with E-state index < -0.39 is 6.10 Å². The molecule has 2 rings (SSSR count). The second-order valence-corrected chi connectivity index (χ2v) is 5.36. The zero-order valence-electron chi connectivity index (χ0n) is 9.43. The number of benzene rings is 1. The van der Waals surface area contributed by atoms with Gasteiger partial charge >= 0.3 is 0 Å². The molecule has 2 aromatic rings. The Morgan fingerprint density at radius 1 is 1.18 bits per heavy atom. The normalized spacial score (nSPS) is 13.1. The van der Waals surface area contributed by atoms with Crippen LogP contribution in [-0.2, 0) is 0 Å². The molecule has 1 unspecified atom stereocenters. The highest BCUT2D eigenvalue weighted by atomic mass is 35.5. The molecule has 1 aromatic carbocycles. The van der Waals surface area contributed by atoms with E-state index in [-0.39, 0.29) is 0 Å². The van der Waals surface area contributed by atoms with Crippen LogP contribution in [0.3, 0.4) is 0 Å². The van der Waals surface area contributed by atoms with Crippen molar-refractivity contribution >= 4 is 29.0 Å². The molecule has 0 saturated carbocycles. The molecule has 1 N–H and O–H groups in total. The van der Waals surface area contributed by atoms with Gasteiger partial charge in [0.25, 0.3) is 0 Å². The van der Waals surface area contributed by atoms with Crippen LogP contribution < -0.4 is 0 Å². The minimum absolute atomic E-state index is 0.406. The van der Waals surface area contributed by atoms with Crippen LogP contribution in [0.4, 0.5) is 0 Å². The van der Waals surface area contributed by atoms with Crippen LogP contribution in [0, 0.1) is 0 Å². The lowest BCUT2D eigenvalue weighted by Crippen LogP contribution is -1.90. The Morgan fingerprint density at radius 2 is 1.88 bits per heavy atom. The largest absolute Gasteiger partial charge is 0.389 e. The number of hydrogen-bond acceptors (Lipinski definition) is 2. The second-order valence-electron chi connectivity index (χ2n) is 3.81. The summed E-state index contributed by atoms with van der Waals surface area (Å²) in [6, 6.07) is 11.9. The lowest BCUT2D eigenvalue weighted by Gasteiger charge is -1.96. The van der Waals surface area contributed by atoms with Crippen LogP contribution >= 0.6 is 22.9 Å². The molecular formula is C14H13ClOS. The van der Waals surface area contributed by atoms with E-state index in [4.69, 9.17) is 11.6 Å². The summed E-state index contributed by atoms with van der Waals surface area (Å²) < 4.78 is 0. The van der Waals surface area contributed by atoms with Crippen molar-refractivity contribution in [3.63, 3.8) is 0 Å². The Balaban J connectivity index is 2.21. The van der Waals surface area contributed by atoms with Crippen molar-refractivity contribution in [1.29, 1.82) is 0 Å². The van der Waals surface area contributed by atoms with Crippen molar-refractivity contribution < 1.29 is 5.11 Å². The first kappa shape index (κ1) is 12.4. The van der Waals surface area contributed by atoms with Gasteiger partial charge in [-0.25, -0.2) is 0 Å². The van der Waals surface area contributed by atoms with E-state index in [9.17, 15) is 5.11 Å². The van der Waals surface area contributed by atoms with Gasteiger partial charge in [-0.2, -0.15) is 0 Å². The van der Waals surface area contributed by atoms with Gasteiger partial charge in [-0.15, -0.1) is 11.3 Å². The van der Waals surface area contributed by atoms with Crippen molar-refractivity contribution in [2.75, 3.05) is 0 Å². The van der Waals surface area contributed by atoms with E-state index in [1.165, 1.54) is 4.88 Å². The van der Waals surface area contributed by atoms with Gasteiger partial charge in [0.15, 0.2) is 0 Å². The van der Waals surface area contributed by atoms with Crippen LogP contribution in [0.5, 0.6) is 0 Å². The van der Waals surface area contributed by atoms with Crippen LogP contribution in [-0.4, -0.2) is 11.2 Å². The Labute approximate surface area is 110 Å². The third-order valence-electron chi connectivity index (χ3n) is 2.29. The van der Waals surface area contributed by atoms with Crippen molar-refractivity contribution in [3.05, 3.63) is 52.4 Å². The number of halogens is 1. The zero-order chi connectivity index (χ0) is 12.3. The van der Waals surface area contributed by atoms with E-state index in [1.807, 2.05) is 36.4 Å². The minimum atomic E-state index is -0.406. The van der Waals surface area contributed by atoms with E-state index in [0.717, 1.165) is 15.5 Å². The second kappa shape index (κ2) is 5.50. The average Bonchev–Trinajstić information content (AvgIpc) is 2.76. The van der Waals surface area contributed by atoms with E-state index >= 15 is 0 Å². The lowest BCUT2D eigenvalue weighted by molar-refractivity contribution is 0.245. The van der Waals surface area contributed by atoms with E-state index in [0.29, 0.717) is 0 Å². The summed E-state index contributed by atoms with van der Waals surface area (Å²) in [4.78, 5) is 2.34. The van der Waals surface area contributed by atoms with Crippen LogP contribution in [0.2, 0.25) is 5.02 Å². The Kier molecular flexibility index (Phi) is 4.00. The molecule has 1 nitrogen and oxygen atoms in total. The third-order valence-corrected chi connectivity index (χ3v) is 3.65. The molecule has 0 radical (unpaired) electrons. The Bertz CT molecular complexity index is 511. The molecule has 1 aromatic heterocycles. The Morgan fingerprint density at radius 3 is 2.53 bits per heavy atom. The summed E-state index contributed by atoms with van der Waals surface area (Å²) in [5.41, 5.74) is 1.16. The molecule has 17 heavy (non-hydrogen) atoms. The fourth-order valence-corrected chi connectivity index (χ4v) is 2.50. The van der Waals surface area contributed by atoms with Gasteiger partial charge < -0.3 is 5.11 Å². The molecule has 0 aliphatic heterocycles.